The molecule has 14 heavy (non-hydrogen) atoms. The zero-order valence-electron chi connectivity index (χ0n) is 9.13. The second-order valence-corrected chi connectivity index (χ2v) is 3.57. The van der Waals surface area contributed by atoms with Crippen LogP contribution in [0.4, 0.5) is 0 Å². The Morgan fingerprint density at radius 1 is 1.43 bits per heavy atom. The van der Waals surface area contributed by atoms with Gasteiger partial charge in [-0.2, -0.15) is 0 Å². The standard InChI is InChI=1S/C10H20N2O2/c1-8(2)6-10(14)12-5-4-11-7-9(3)13/h6,9,11,13H,4-5,7H2,1-3H3,(H,12,14). The van der Waals surface area contributed by atoms with Crippen molar-refractivity contribution in [1.82, 2.24) is 10.6 Å². The molecule has 0 radical (unpaired) electrons. The molecule has 0 aromatic rings. The smallest absolute Gasteiger partial charge is 0.243 e. The van der Waals surface area contributed by atoms with Crippen LogP contribution in [-0.4, -0.2) is 36.8 Å². The average molecular weight is 200 g/mol. The van der Waals surface area contributed by atoms with E-state index in [0.717, 1.165) is 5.57 Å². The highest BCUT2D eigenvalue weighted by Crippen LogP contribution is 1.86. The van der Waals surface area contributed by atoms with Crippen LogP contribution >= 0.6 is 0 Å². The van der Waals surface area contributed by atoms with Crippen molar-refractivity contribution < 1.29 is 9.90 Å². The minimum absolute atomic E-state index is 0.0659. The Balaban J connectivity index is 3.37. The van der Waals surface area contributed by atoms with Gasteiger partial charge in [0.05, 0.1) is 6.10 Å². The number of hydrogen-bond donors (Lipinski definition) is 3. The number of carbonyl (C=O) groups is 1. The van der Waals surface area contributed by atoms with Gasteiger partial charge in [0.25, 0.3) is 0 Å². The third-order valence-electron chi connectivity index (χ3n) is 1.46. The Labute approximate surface area is 85.4 Å². The summed E-state index contributed by atoms with van der Waals surface area (Å²) in [6, 6.07) is 0. The van der Waals surface area contributed by atoms with E-state index in [1.807, 2.05) is 13.8 Å². The molecule has 1 amide bonds. The molecule has 0 bridgehead atoms. The molecule has 0 saturated carbocycles. The molecular weight excluding hydrogens is 180 g/mol. The molecule has 1 unspecified atom stereocenters. The molecule has 0 saturated heterocycles. The van der Waals surface area contributed by atoms with Crippen molar-refractivity contribution in [2.75, 3.05) is 19.6 Å². The van der Waals surface area contributed by atoms with Gasteiger partial charge >= 0.3 is 0 Å². The number of hydrogen-bond acceptors (Lipinski definition) is 3. The first-order chi connectivity index (χ1) is 6.52. The highest BCUT2D eigenvalue weighted by Gasteiger charge is 1.96. The Hall–Kier alpha value is -0.870. The molecule has 0 aliphatic rings. The lowest BCUT2D eigenvalue weighted by Crippen LogP contribution is -2.33. The number of allylic oxidation sites excluding steroid dienone is 1. The van der Waals surface area contributed by atoms with Gasteiger partial charge in [0, 0.05) is 25.7 Å². The van der Waals surface area contributed by atoms with E-state index in [1.165, 1.54) is 0 Å². The minimum Gasteiger partial charge on any atom is -0.392 e. The second kappa shape index (κ2) is 7.53. The average Bonchev–Trinajstić information content (AvgIpc) is 2.01. The molecule has 1 atom stereocenters. The maximum atomic E-state index is 11.1. The van der Waals surface area contributed by atoms with Crippen molar-refractivity contribution in [2.45, 2.75) is 26.9 Å². The van der Waals surface area contributed by atoms with Crippen LogP contribution in [-0.2, 0) is 4.79 Å². The molecular formula is C10H20N2O2. The predicted octanol–water partition coefficient (Wildman–Crippen LogP) is 0.0392. The highest BCUT2D eigenvalue weighted by atomic mass is 16.3. The van der Waals surface area contributed by atoms with E-state index in [-0.39, 0.29) is 12.0 Å². The lowest BCUT2D eigenvalue weighted by Gasteiger charge is -2.06. The molecule has 4 nitrogen and oxygen atoms in total. The Bertz CT molecular complexity index is 196. The van der Waals surface area contributed by atoms with Crippen molar-refractivity contribution in [3.05, 3.63) is 11.6 Å². The van der Waals surface area contributed by atoms with Crippen molar-refractivity contribution in [2.24, 2.45) is 0 Å². The van der Waals surface area contributed by atoms with Crippen LogP contribution in [0.2, 0.25) is 0 Å². The van der Waals surface area contributed by atoms with Crippen LogP contribution in [0.25, 0.3) is 0 Å². The minimum atomic E-state index is -0.344. The zero-order valence-corrected chi connectivity index (χ0v) is 9.13. The summed E-state index contributed by atoms with van der Waals surface area (Å²) < 4.78 is 0. The molecule has 0 aromatic carbocycles. The lowest BCUT2D eigenvalue weighted by molar-refractivity contribution is -0.116. The first-order valence-electron chi connectivity index (χ1n) is 4.84. The molecule has 0 aromatic heterocycles. The van der Waals surface area contributed by atoms with E-state index in [4.69, 9.17) is 5.11 Å². The molecule has 0 fully saturated rings. The zero-order chi connectivity index (χ0) is 11.0. The summed E-state index contributed by atoms with van der Waals surface area (Å²) in [5.74, 6) is -0.0659. The molecule has 0 heterocycles. The van der Waals surface area contributed by atoms with Crippen LogP contribution in [0.15, 0.2) is 11.6 Å². The molecule has 4 heteroatoms. The van der Waals surface area contributed by atoms with Gasteiger partial charge in [-0.3, -0.25) is 4.79 Å². The summed E-state index contributed by atoms with van der Waals surface area (Å²) in [7, 11) is 0. The fourth-order valence-electron chi connectivity index (χ4n) is 0.898. The van der Waals surface area contributed by atoms with Crippen molar-refractivity contribution in [3.63, 3.8) is 0 Å². The molecule has 0 rings (SSSR count). The monoisotopic (exact) mass is 200 g/mol. The predicted molar refractivity (Wildman–Crippen MR) is 57.0 cm³/mol. The first kappa shape index (κ1) is 13.1. The quantitative estimate of drug-likeness (QED) is 0.419. The van der Waals surface area contributed by atoms with Gasteiger partial charge in [-0.1, -0.05) is 5.57 Å². The van der Waals surface area contributed by atoms with Crippen molar-refractivity contribution >= 4 is 5.91 Å². The fraction of sp³-hybridized carbons (Fsp3) is 0.700. The number of nitrogens with one attached hydrogen (secondary N) is 2. The van der Waals surface area contributed by atoms with Crippen LogP contribution in [0.1, 0.15) is 20.8 Å². The van der Waals surface area contributed by atoms with Gasteiger partial charge in [-0.15, -0.1) is 0 Å². The number of amides is 1. The molecule has 0 spiro atoms. The van der Waals surface area contributed by atoms with E-state index < -0.39 is 0 Å². The van der Waals surface area contributed by atoms with E-state index in [9.17, 15) is 4.79 Å². The third kappa shape index (κ3) is 9.22. The largest absolute Gasteiger partial charge is 0.392 e. The van der Waals surface area contributed by atoms with Gasteiger partial charge < -0.3 is 15.7 Å². The number of aliphatic hydroxyl groups excluding tert-OH is 1. The summed E-state index contributed by atoms with van der Waals surface area (Å²) in [5, 5.41) is 14.7. The van der Waals surface area contributed by atoms with Crippen molar-refractivity contribution in [3.8, 4) is 0 Å². The Morgan fingerprint density at radius 2 is 2.07 bits per heavy atom. The number of rotatable bonds is 6. The van der Waals surface area contributed by atoms with E-state index >= 15 is 0 Å². The van der Waals surface area contributed by atoms with Gasteiger partial charge in [0.2, 0.25) is 5.91 Å². The maximum absolute atomic E-state index is 11.1. The van der Waals surface area contributed by atoms with Gasteiger partial charge in [0.1, 0.15) is 0 Å². The number of carbonyl (C=O) groups excluding carboxylic acids is 1. The highest BCUT2D eigenvalue weighted by molar-refractivity contribution is 5.87. The van der Waals surface area contributed by atoms with Gasteiger partial charge in [-0.25, -0.2) is 0 Å². The van der Waals surface area contributed by atoms with Gasteiger partial charge in [-0.05, 0) is 20.8 Å². The summed E-state index contributed by atoms with van der Waals surface area (Å²) >= 11 is 0. The number of aliphatic hydroxyl groups is 1. The van der Waals surface area contributed by atoms with E-state index in [1.54, 1.807) is 13.0 Å². The summed E-state index contributed by atoms with van der Waals surface area (Å²) in [6.07, 6.45) is 1.22. The normalized spacial score (nSPS) is 12.0. The topological polar surface area (TPSA) is 61.4 Å². The summed E-state index contributed by atoms with van der Waals surface area (Å²) in [5.41, 5.74) is 0.986. The van der Waals surface area contributed by atoms with Crippen molar-refractivity contribution in [1.29, 1.82) is 0 Å². The summed E-state index contributed by atoms with van der Waals surface area (Å²) in [6.45, 7) is 7.28. The first-order valence-corrected chi connectivity index (χ1v) is 4.84. The Morgan fingerprint density at radius 3 is 2.57 bits per heavy atom. The molecule has 3 N–H and O–H groups in total. The molecule has 0 aliphatic heterocycles. The van der Waals surface area contributed by atoms with Crippen LogP contribution in [0.3, 0.4) is 0 Å². The Kier molecular flexibility index (Phi) is 7.06. The van der Waals surface area contributed by atoms with Crippen LogP contribution in [0, 0.1) is 0 Å². The van der Waals surface area contributed by atoms with Crippen LogP contribution < -0.4 is 10.6 Å². The third-order valence-corrected chi connectivity index (χ3v) is 1.46. The van der Waals surface area contributed by atoms with Crippen LogP contribution in [0.5, 0.6) is 0 Å². The fourth-order valence-corrected chi connectivity index (χ4v) is 0.898. The lowest BCUT2D eigenvalue weighted by atomic mass is 10.3. The molecule has 82 valence electrons. The summed E-state index contributed by atoms with van der Waals surface area (Å²) in [4.78, 5) is 11.1. The van der Waals surface area contributed by atoms with Gasteiger partial charge in [0.15, 0.2) is 0 Å². The second-order valence-electron chi connectivity index (χ2n) is 3.57. The SMILES string of the molecule is CC(C)=CC(=O)NCCNCC(C)O. The van der Waals surface area contributed by atoms with E-state index in [0.29, 0.717) is 19.6 Å². The molecule has 0 aliphatic carbocycles. The maximum Gasteiger partial charge on any atom is 0.243 e. The van der Waals surface area contributed by atoms with E-state index in [2.05, 4.69) is 10.6 Å².